The monoisotopic (exact) mass is 471 g/mol. The second-order valence-electron chi connectivity index (χ2n) is 9.44. The average Bonchev–Trinajstić information content (AvgIpc) is 3.40. The molecule has 0 bridgehead atoms. The lowest BCUT2D eigenvalue weighted by Gasteiger charge is -2.34. The summed E-state index contributed by atoms with van der Waals surface area (Å²) in [7, 11) is 0. The lowest BCUT2D eigenvalue weighted by molar-refractivity contribution is -0.124. The third-order valence-electron chi connectivity index (χ3n) is 7.63. The fourth-order valence-electron chi connectivity index (χ4n) is 6.08. The minimum absolute atomic E-state index is 0.203. The summed E-state index contributed by atoms with van der Waals surface area (Å²) in [5, 5.41) is 8.09. The summed E-state index contributed by atoms with van der Waals surface area (Å²) < 4.78 is 0. The van der Waals surface area contributed by atoms with E-state index in [1.807, 2.05) is 66.7 Å². The zero-order chi connectivity index (χ0) is 24.4. The maximum Gasteiger partial charge on any atom is 0.240 e. The number of carbonyl (C=O) groups is 3. The van der Waals surface area contributed by atoms with E-state index in [0.29, 0.717) is 11.3 Å². The number of hydrogen-bond acceptors (Lipinski definition) is 5. The molecular formula is C30H21N3O3. The molecule has 6 heteroatoms. The highest BCUT2D eigenvalue weighted by Gasteiger charge is 2.65. The SMILES string of the molecule is O=C(c1ccccc1)C1C2C(=O)N(c3cccc4ccccc34)C(=O)C2C2c3ccccc3C=NN12. The van der Waals surface area contributed by atoms with Gasteiger partial charge in [-0.05, 0) is 22.6 Å². The summed E-state index contributed by atoms with van der Waals surface area (Å²) in [4.78, 5) is 43.4. The highest BCUT2D eigenvalue weighted by atomic mass is 16.2. The molecule has 3 heterocycles. The lowest BCUT2D eigenvalue weighted by Crippen LogP contribution is -2.44. The molecule has 4 aromatic carbocycles. The van der Waals surface area contributed by atoms with Crippen molar-refractivity contribution in [2.24, 2.45) is 16.9 Å². The van der Waals surface area contributed by atoms with Crippen LogP contribution in [-0.2, 0) is 9.59 Å². The van der Waals surface area contributed by atoms with Gasteiger partial charge in [-0.2, -0.15) is 5.10 Å². The van der Waals surface area contributed by atoms with Crippen LogP contribution < -0.4 is 4.90 Å². The van der Waals surface area contributed by atoms with Crippen LogP contribution in [0, 0.1) is 11.8 Å². The smallest absolute Gasteiger partial charge is 0.240 e. The second-order valence-corrected chi connectivity index (χ2v) is 9.44. The predicted molar refractivity (Wildman–Crippen MR) is 137 cm³/mol. The summed E-state index contributed by atoms with van der Waals surface area (Å²) in [5.41, 5.74) is 2.86. The van der Waals surface area contributed by atoms with E-state index in [4.69, 9.17) is 0 Å². The van der Waals surface area contributed by atoms with Gasteiger partial charge in [-0.25, -0.2) is 4.90 Å². The van der Waals surface area contributed by atoms with Gasteiger partial charge in [0, 0.05) is 10.9 Å². The molecule has 3 aliphatic rings. The molecule has 4 unspecified atom stereocenters. The highest BCUT2D eigenvalue weighted by molar-refractivity contribution is 6.27. The van der Waals surface area contributed by atoms with Crippen molar-refractivity contribution >= 4 is 40.3 Å². The summed E-state index contributed by atoms with van der Waals surface area (Å²) in [5.74, 6) is -2.39. The van der Waals surface area contributed by atoms with Crippen LogP contribution in [0.5, 0.6) is 0 Å². The Hall–Kier alpha value is -4.58. The van der Waals surface area contributed by atoms with Gasteiger partial charge in [-0.1, -0.05) is 91.0 Å². The Labute approximate surface area is 207 Å². The second kappa shape index (κ2) is 7.71. The molecule has 0 saturated carbocycles. The van der Waals surface area contributed by atoms with E-state index in [0.717, 1.165) is 21.9 Å². The molecule has 3 aliphatic heterocycles. The number of Topliss-reactive ketones (excluding diaryl/α,β-unsaturated/α-hetero) is 1. The van der Waals surface area contributed by atoms with E-state index in [9.17, 15) is 14.4 Å². The quantitative estimate of drug-likeness (QED) is 0.323. The van der Waals surface area contributed by atoms with E-state index in [1.165, 1.54) is 4.90 Å². The standard InChI is InChI=1S/C30H21N3O3/c34-28(19-10-2-1-3-11-19)27-25-24(26-22-15-7-5-12-20(22)17-31-33(26)27)29(35)32(30(25)36)23-16-8-13-18-9-4-6-14-21(18)23/h1-17,24-27H. The molecule has 0 N–H and O–H groups in total. The van der Waals surface area contributed by atoms with Gasteiger partial charge in [-0.3, -0.25) is 19.4 Å². The summed E-state index contributed by atoms with van der Waals surface area (Å²) >= 11 is 0. The third-order valence-corrected chi connectivity index (χ3v) is 7.63. The maximum absolute atomic E-state index is 14.1. The zero-order valence-corrected chi connectivity index (χ0v) is 19.2. The van der Waals surface area contributed by atoms with Gasteiger partial charge in [0.1, 0.15) is 6.04 Å². The Morgan fingerprint density at radius 1 is 0.722 bits per heavy atom. The van der Waals surface area contributed by atoms with Crippen molar-refractivity contribution in [3.8, 4) is 0 Å². The van der Waals surface area contributed by atoms with E-state index in [2.05, 4.69) is 5.10 Å². The minimum Gasteiger partial charge on any atom is -0.292 e. The number of anilines is 1. The van der Waals surface area contributed by atoms with E-state index in [-0.39, 0.29) is 17.6 Å². The number of hydrazone groups is 1. The fourth-order valence-corrected chi connectivity index (χ4v) is 6.08. The number of benzene rings is 4. The van der Waals surface area contributed by atoms with Crippen LogP contribution in [0.25, 0.3) is 10.8 Å². The number of ketones is 1. The molecule has 7 rings (SSSR count). The normalized spacial score (nSPS) is 24.1. The summed E-state index contributed by atoms with van der Waals surface area (Å²) in [6, 6.07) is 28.6. The Kier molecular flexibility index (Phi) is 4.45. The van der Waals surface area contributed by atoms with Crippen molar-refractivity contribution in [1.82, 2.24) is 5.01 Å². The van der Waals surface area contributed by atoms with E-state index >= 15 is 0 Å². The predicted octanol–water partition coefficient (Wildman–Crippen LogP) is 4.60. The van der Waals surface area contributed by atoms with Gasteiger partial charge in [0.05, 0.1) is 29.8 Å². The van der Waals surface area contributed by atoms with E-state index in [1.54, 1.807) is 41.6 Å². The van der Waals surface area contributed by atoms with Crippen LogP contribution in [0.4, 0.5) is 5.69 Å². The van der Waals surface area contributed by atoms with Crippen molar-refractivity contribution < 1.29 is 14.4 Å². The number of fused-ring (bicyclic) bond motifs is 6. The minimum atomic E-state index is -0.872. The molecular weight excluding hydrogens is 450 g/mol. The largest absolute Gasteiger partial charge is 0.292 e. The molecule has 4 atom stereocenters. The Bertz CT molecular complexity index is 1590. The Balaban J connectivity index is 1.41. The van der Waals surface area contributed by atoms with Gasteiger partial charge in [-0.15, -0.1) is 0 Å². The number of amides is 2. The first-order valence-corrected chi connectivity index (χ1v) is 12.0. The molecule has 2 saturated heterocycles. The molecule has 0 spiro atoms. The van der Waals surface area contributed by atoms with Crippen molar-refractivity contribution in [3.63, 3.8) is 0 Å². The molecule has 6 nitrogen and oxygen atoms in total. The summed E-state index contributed by atoms with van der Waals surface area (Å²) in [6.45, 7) is 0. The number of carbonyl (C=O) groups excluding carboxylic acids is 3. The van der Waals surface area contributed by atoms with Crippen LogP contribution in [0.2, 0.25) is 0 Å². The molecule has 0 aromatic heterocycles. The molecule has 174 valence electrons. The number of hydrogen-bond donors (Lipinski definition) is 0. The van der Waals surface area contributed by atoms with Gasteiger partial charge in [0.25, 0.3) is 0 Å². The Morgan fingerprint density at radius 3 is 2.28 bits per heavy atom. The first kappa shape index (κ1) is 20.8. The number of rotatable bonds is 3. The molecule has 4 aromatic rings. The van der Waals surface area contributed by atoms with Crippen LogP contribution in [0.1, 0.15) is 27.5 Å². The van der Waals surface area contributed by atoms with Crippen molar-refractivity contribution in [1.29, 1.82) is 0 Å². The van der Waals surface area contributed by atoms with Gasteiger partial charge < -0.3 is 0 Å². The first-order valence-electron chi connectivity index (χ1n) is 12.0. The lowest BCUT2D eigenvalue weighted by atomic mass is 9.83. The molecule has 0 aliphatic carbocycles. The zero-order valence-electron chi connectivity index (χ0n) is 19.2. The highest BCUT2D eigenvalue weighted by Crippen LogP contribution is 2.53. The fraction of sp³-hybridized carbons (Fsp3) is 0.133. The van der Waals surface area contributed by atoms with Gasteiger partial charge >= 0.3 is 0 Å². The van der Waals surface area contributed by atoms with Crippen molar-refractivity contribution in [3.05, 3.63) is 114 Å². The van der Waals surface area contributed by atoms with Gasteiger partial charge in [0.15, 0.2) is 5.78 Å². The van der Waals surface area contributed by atoms with Crippen LogP contribution in [-0.4, -0.2) is 34.9 Å². The van der Waals surface area contributed by atoms with E-state index < -0.39 is 23.9 Å². The van der Waals surface area contributed by atoms with Crippen LogP contribution in [0.15, 0.2) is 102 Å². The molecule has 36 heavy (non-hydrogen) atoms. The topological polar surface area (TPSA) is 70.0 Å². The van der Waals surface area contributed by atoms with Crippen LogP contribution in [0.3, 0.4) is 0 Å². The molecule has 2 amide bonds. The van der Waals surface area contributed by atoms with Crippen molar-refractivity contribution in [2.75, 3.05) is 4.90 Å². The Morgan fingerprint density at radius 2 is 1.42 bits per heavy atom. The number of imide groups is 1. The average molecular weight is 472 g/mol. The summed E-state index contributed by atoms with van der Waals surface area (Å²) in [6.07, 6.45) is 1.72. The van der Waals surface area contributed by atoms with Crippen LogP contribution >= 0.6 is 0 Å². The van der Waals surface area contributed by atoms with Gasteiger partial charge in [0.2, 0.25) is 11.8 Å². The third kappa shape index (κ3) is 2.78. The molecule has 2 fully saturated rings. The first-order chi connectivity index (χ1) is 17.6. The van der Waals surface area contributed by atoms with Crippen molar-refractivity contribution in [2.45, 2.75) is 12.1 Å². The molecule has 0 radical (unpaired) electrons. The number of nitrogens with zero attached hydrogens (tertiary/aromatic N) is 3. The maximum atomic E-state index is 14.1.